The van der Waals surface area contributed by atoms with Gasteiger partial charge in [0.1, 0.15) is 5.82 Å². The lowest BCUT2D eigenvalue weighted by Crippen LogP contribution is -2.19. The molecule has 1 aromatic carbocycles. The lowest BCUT2D eigenvalue weighted by Gasteiger charge is -2.08. The fourth-order valence-electron chi connectivity index (χ4n) is 2.04. The molecule has 0 spiro atoms. The number of benzene rings is 1. The number of nitrogens with zero attached hydrogens (tertiary/aromatic N) is 2. The molecule has 0 aliphatic rings. The molecule has 1 heterocycles. The molecule has 2 aromatic rings. The Kier molecular flexibility index (Phi) is 5.90. The molecule has 0 amide bonds. The van der Waals surface area contributed by atoms with Crippen molar-refractivity contribution in [1.29, 1.82) is 0 Å². The van der Waals surface area contributed by atoms with E-state index in [-0.39, 0.29) is 5.82 Å². The summed E-state index contributed by atoms with van der Waals surface area (Å²) in [6, 6.07) is 4.94. The zero-order valence-corrected chi connectivity index (χ0v) is 13.8. The van der Waals surface area contributed by atoms with E-state index in [0.29, 0.717) is 18.7 Å². The van der Waals surface area contributed by atoms with E-state index in [1.807, 2.05) is 17.8 Å². The summed E-state index contributed by atoms with van der Waals surface area (Å²) in [5, 5.41) is 7.63. The second-order valence-corrected chi connectivity index (χ2v) is 5.73. The van der Waals surface area contributed by atoms with Crippen molar-refractivity contribution in [2.45, 2.75) is 20.0 Å². The summed E-state index contributed by atoms with van der Waals surface area (Å²) in [5.74, 6) is -0.215. The number of methoxy groups -OCH3 is 1. The Morgan fingerprint density at radius 2 is 2.19 bits per heavy atom. The van der Waals surface area contributed by atoms with Gasteiger partial charge in [0.25, 0.3) is 0 Å². The molecule has 1 aromatic heterocycles. The summed E-state index contributed by atoms with van der Waals surface area (Å²) >= 11 is 3.36. The van der Waals surface area contributed by atoms with E-state index in [9.17, 15) is 4.39 Å². The molecule has 0 saturated heterocycles. The van der Waals surface area contributed by atoms with Gasteiger partial charge in [0.2, 0.25) is 0 Å². The number of hydrogen-bond acceptors (Lipinski definition) is 3. The standard InChI is InChI=1S/C15H19BrFN3O/c1-11-13(8-18-5-6-21-2)9-19-20(11)10-12-7-14(16)3-4-15(12)17/h3-4,7,9,18H,5-6,8,10H2,1-2H3. The van der Waals surface area contributed by atoms with Gasteiger partial charge in [-0.15, -0.1) is 0 Å². The van der Waals surface area contributed by atoms with E-state index >= 15 is 0 Å². The highest BCUT2D eigenvalue weighted by Gasteiger charge is 2.09. The van der Waals surface area contributed by atoms with E-state index in [2.05, 4.69) is 26.3 Å². The Hall–Kier alpha value is -1.24. The van der Waals surface area contributed by atoms with Gasteiger partial charge >= 0.3 is 0 Å². The lowest BCUT2D eigenvalue weighted by atomic mass is 10.2. The maximum atomic E-state index is 13.8. The van der Waals surface area contributed by atoms with Gasteiger partial charge in [0.15, 0.2) is 0 Å². The third kappa shape index (κ3) is 4.36. The fourth-order valence-corrected chi connectivity index (χ4v) is 2.45. The molecule has 0 unspecified atom stereocenters. The van der Waals surface area contributed by atoms with Crippen LogP contribution in [-0.4, -0.2) is 30.0 Å². The van der Waals surface area contributed by atoms with E-state index in [0.717, 1.165) is 28.8 Å². The Balaban J connectivity index is 2.04. The van der Waals surface area contributed by atoms with Crippen molar-refractivity contribution >= 4 is 15.9 Å². The quantitative estimate of drug-likeness (QED) is 0.776. The first-order chi connectivity index (χ1) is 10.1. The number of ether oxygens (including phenoxy) is 1. The van der Waals surface area contributed by atoms with Gasteiger partial charge in [-0.2, -0.15) is 5.10 Å². The number of hydrogen-bond donors (Lipinski definition) is 1. The van der Waals surface area contributed by atoms with E-state index in [1.54, 1.807) is 19.2 Å². The van der Waals surface area contributed by atoms with Crippen LogP contribution in [0.25, 0.3) is 0 Å². The average molecular weight is 356 g/mol. The van der Waals surface area contributed by atoms with Crippen LogP contribution >= 0.6 is 15.9 Å². The maximum absolute atomic E-state index is 13.8. The number of rotatable bonds is 7. The summed E-state index contributed by atoms with van der Waals surface area (Å²) in [6.07, 6.45) is 1.82. The molecule has 0 aliphatic carbocycles. The molecular weight excluding hydrogens is 337 g/mol. The topological polar surface area (TPSA) is 39.1 Å². The van der Waals surface area contributed by atoms with Crippen molar-refractivity contribution in [2.24, 2.45) is 0 Å². The molecule has 1 N–H and O–H groups in total. The third-order valence-electron chi connectivity index (χ3n) is 3.33. The molecule has 114 valence electrons. The summed E-state index contributed by atoms with van der Waals surface area (Å²) < 4.78 is 21.5. The summed E-state index contributed by atoms with van der Waals surface area (Å²) in [7, 11) is 1.68. The summed E-state index contributed by atoms with van der Waals surface area (Å²) in [5.41, 5.74) is 2.77. The highest BCUT2D eigenvalue weighted by Crippen LogP contribution is 2.17. The lowest BCUT2D eigenvalue weighted by molar-refractivity contribution is 0.199. The van der Waals surface area contributed by atoms with Crippen molar-refractivity contribution in [2.75, 3.05) is 20.3 Å². The van der Waals surface area contributed by atoms with Crippen LogP contribution < -0.4 is 5.32 Å². The highest BCUT2D eigenvalue weighted by atomic mass is 79.9. The van der Waals surface area contributed by atoms with Crippen LogP contribution in [0, 0.1) is 12.7 Å². The number of nitrogens with one attached hydrogen (secondary N) is 1. The van der Waals surface area contributed by atoms with E-state index in [1.165, 1.54) is 6.07 Å². The second-order valence-electron chi connectivity index (χ2n) is 4.82. The maximum Gasteiger partial charge on any atom is 0.128 e. The molecule has 4 nitrogen and oxygen atoms in total. The fraction of sp³-hybridized carbons (Fsp3) is 0.400. The molecule has 0 atom stereocenters. The normalized spacial score (nSPS) is 11.0. The highest BCUT2D eigenvalue weighted by molar-refractivity contribution is 9.10. The van der Waals surface area contributed by atoms with Gasteiger partial charge in [-0.1, -0.05) is 15.9 Å². The SMILES string of the molecule is COCCNCc1cnn(Cc2cc(Br)ccc2F)c1C. The minimum absolute atomic E-state index is 0.215. The first kappa shape index (κ1) is 16.1. The van der Waals surface area contributed by atoms with Crippen molar-refractivity contribution in [3.8, 4) is 0 Å². The third-order valence-corrected chi connectivity index (χ3v) is 3.82. The average Bonchev–Trinajstić information content (AvgIpc) is 2.80. The molecule has 0 fully saturated rings. The second kappa shape index (κ2) is 7.68. The van der Waals surface area contributed by atoms with Gasteiger partial charge in [0, 0.05) is 41.5 Å². The van der Waals surface area contributed by atoms with Crippen molar-refractivity contribution in [3.63, 3.8) is 0 Å². The zero-order valence-electron chi connectivity index (χ0n) is 12.2. The monoisotopic (exact) mass is 355 g/mol. The van der Waals surface area contributed by atoms with E-state index < -0.39 is 0 Å². The predicted molar refractivity (Wildman–Crippen MR) is 83.7 cm³/mol. The molecule has 0 radical (unpaired) electrons. The molecule has 0 saturated carbocycles. The van der Waals surface area contributed by atoms with Crippen LogP contribution in [0.5, 0.6) is 0 Å². The van der Waals surface area contributed by atoms with Gasteiger partial charge < -0.3 is 10.1 Å². The number of halogens is 2. The van der Waals surface area contributed by atoms with Crippen LogP contribution in [-0.2, 0) is 17.8 Å². The van der Waals surface area contributed by atoms with Gasteiger partial charge in [-0.3, -0.25) is 4.68 Å². The molecule has 0 bridgehead atoms. The molecular formula is C15H19BrFN3O. The Morgan fingerprint density at radius 1 is 1.38 bits per heavy atom. The van der Waals surface area contributed by atoms with Crippen LogP contribution in [0.4, 0.5) is 4.39 Å². The Bertz CT molecular complexity index is 601. The predicted octanol–water partition coefficient (Wildman–Crippen LogP) is 2.88. The van der Waals surface area contributed by atoms with Crippen LogP contribution in [0.3, 0.4) is 0 Å². The molecule has 6 heteroatoms. The van der Waals surface area contributed by atoms with Crippen LogP contribution in [0.1, 0.15) is 16.8 Å². The summed E-state index contributed by atoms with van der Waals surface area (Å²) in [6.45, 7) is 4.62. The van der Waals surface area contributed by atoms with Crippen molar-refractivity contribution < 1.29 is 9.13 Å². The van der Waals surface area contributed by atoms with Crippen molar-refractivity contribution in [3.05, 3.63) is 51.5 Å². The minimum atomic E-state index is -0.215. The van der Waals surface area contributed by atoms with E-state index in [4.69, 9.17) is 4.74 Å². The smallest absolute Gasteiger partial charge is 0.128 e. The molecule has 0 aliphatic heterocycles. The minimum Gasteiger partial charge on any atom is -0.383 e. The summed E-state index contributed by atoms with van der Waals surface area (Å²) in [4.78, 5) is 0. The molecule has 2 rings (SSSR count). The van der Waals surface area contributed by atoms with Crippen LogP contribution in [0.15, 0.2) is 28.9 Å². The first-order valence-corrected chi connectivity index (χ1v) is 7.56. The Morgan fingerprint density at radius 3 is 2.95 bits per heavy atom. The largest absolute Gasteiger partial charge is 0.383 e. The van der Waals surface area contributed by atoms with Crippen molar-refractivity contribution in [1.82, 2.24) is 15.1 Å². The first-order valence-electron chi connectivity index (χ1n) is 6.76. The van der Waals surface area contributed by atoms with Crippen LogP contribution in [0.2, 0.25) is 0 Å². The zero-order chi connectivity index (χ0) is 15.2. The van der Waals surface area contributed by atoms with Gasteiger partial charge in [-0.05, 0) is 25.1 Å². The Labute approximate surface area is 132 Å². The van der Waals surface area contributed by atoms with Gasteiger partial charge in [0.05, 0.1) is 19.3 Å². The van der Waals surface area contributed by atoms with Gasteiger partial charge in [-0.25, -0.2) is 4.39 Å². The number of aromatic nitrogens is 2. The molecule has 21 heavy (non-hydrogen) atoms.